The molecule has 1 heterocycles. The molecule has 3 nitrogen and oxygen atoms in total. The summed E-state index contributed by atoms with van der Waals surface area (Å²) in [6.07, 6.45) is 1.57. The Labute approximate surface area is 135 Å². The van der Waals surface area contributed by atoms with Crippen LogP contribution >= 0.6 is 11.6 Å². The number of halogens is 1. The molecule has 1 fully saturated rings. The standard InChI is InChI=1S/C18H18ClNO2/c1-22-12-14-11-16(20-10-2-3-18(20)21)8-9-17(14)13-4-6-15(19)7-5-13/h4-9,11H,2-3,10,12H2,1H3. The van der Waals surface area contributed by atoms with Crippen LogP contribution in [0.1, 0.15) is 18.4 Å². The zero-order valence-corrected chi connectivity index (χ0v) is 13.3. The zero-order chi connectivity index (χ0) is 15.5. The molecule has 0 aromatic heterocycles. The average Bonchev–Trinajstić information content (AvgIpc) is 2.95. The van der Waals surface area contributed by atoms with Crippen LogP contribution in [-0.2, 0) is 16.1 Å². The summed E-state index contributed by atoms with van der Waals surface area (Å²) in [7, 11) is 1.68. The third-order valence-electron chi connectivity index (χ3n) is 3.93. The molecular formula is C18H18ClNO2. The van der Waals surface area contributed by atoms with Gasteiger partial charge in [0.1, 0.15) is 0 Å². The van der Waals surface area contributed by atoms with Crippen molar-refractivity contribution >= 4 is 23.2 Å². The molecule has 2 aromatic rings. The van der Waals surface area contributed by atoms with Gasteiger partial charge >= 0.3 is 0 Å². The van der Waals surface area contributed by atoms with E-state index in [1.807, 2.05) is 35.2 Å². The molecule has 1 aliphatic heterocycles. The van der Waals surface area contributed by atoms with E-state index in [-0.39, 0.29) is 5.91 Å². The highest BCUT2D eigenvalue weighted by molar-refractivity contribution is 6.30. The van der Waals surface area contributed by atoms with E-state index in [9.17, 15) is 4.79 Å². The minimum atomic E-state index is 0.197. The van der Waals surface area contributed by atoms with E-state index in [4.69, 9.17) is 16.3 Å². The summed E-state index contributed by atoms with van der Waals surface area (Å²) in [5.41, 5.74) is 4.22. The van der Waals surface area contributed by atoms with Gasteiger partial charge in [0.05, 0.1) is 6.61 Å². The quantitative estimate of drug-likeness (QED) is 0.842. The Morgan fingerprint density at radius 1 is 1.18 bits per heavy atom. The van der Waals surface area contributed by atoms with Crippen LogP contribution in [0.2, 0.25) is 5.02 Å². The number of hydrogen-bond acceptors (Lipinski definition) is 2. The van der Waals surface area contributed by atoms with Gasteiger partial charge in [0.2, 0.25) is 5.91 Å². The maximum Gasteiger partial charge on any atom is 0.227 e. The van der Waals surface area contributed by atoms with E-state index < -0.39 is 0 Å². The van der Waals surface area contributed by atoms with E-state index in [1.54, 1.807) is 7.11 Å². The number of carbonyl (C=O) groups excluding carboxylic acids is 1. The van der Waals surface area contributed by atoms with Crippen LogP contribution in [0.4, 0.5) is 5.69 Å². The first-order chi connectivity index (χ1) is 10.7. The fourth-order valence-corrected chi connectivity index (χ4v) is 2.98. The Morgan fingerprint density at radius 3 is 2.59 bits per heavy atom. The van der Waals surface area contributed by atoms with Crippen molar-refractivity contribution in [3.8, 4) is 11.1 Å². The number of ether oxygens (including phenoxy) is 1. The van der Waals surface area contributed by atoms with Crippen molar-refractivity contribution in [2.75, 3.05) is 18.6 Å². The molecule has 0 bridgehead atoms. The van der Waals surface area contributed by atoms with Crippen molar-refractivity contribution in [1.82, 2.24) is 0 Å². The van der Waals surface area contributed by atoms with Gasteiger partial charge in [-0.05, 0) is 47.4 Å². The molecule has 0 aliphatic carbocycles. The molecule has 1 saturated heterocycles. The smallest absolute Gasteiger partial charge is 0.227 e. The predicted octanol–water partition coefficient (Wildman–Crippen LogP) is 4.28. The molecule has 3 rings (SSSR count). The molecule has 0 atom stereocenters. The summed E-state index contributed by atoms with van der Waals surface area (Å²) in [5.74, 6) is 0.197. The summed E-state index contributed by atoms with van der Waals surface area (Å²) in [4.78, 5) is 13.8. The van der Waals surface area contributed by atoms with Crippen molar-refractivity contribution in [3.05, 3.63) is 53.1 Å². The lowest BCUT2D eigenvalue weighted by Gasteiger charge is -2.18. The number of rotatable bonds is 4. The SMILES string of the molecule is COCc1cc(N2CCCC2=O)ccc1-c1ccc(Cl)cc1. The number of carbonyl (C=O) groups is 1. The first-order valence-electron chi connectivity index (χ1n) is 7.37. The highest BCUT2D eigenvalue weighted by atomic mass is 35.5. The monoisotopic (exact) mass is 315 g/mol. The molecule has 4 heteroatoms. The van der Waals surface area contributed by atoms with Gasteiger partial charge in [0, 0.05) is 30.8 Å². The Hall–Kier alpha value is -1.84. The van der Waals surface area contributed by atoms with Crippen molar-refractivity contribution < 1.29 is 9.53 Å². The van der Waals surface area contributed by atoms with Gasteiger partial charge in [-0.15, -0.1) is 0 Å². The number of anilines is 1. The zero-order valence-electron chi connectivity index (χ0n) is 12.5. The van der Waals surface area contributed by atoms with E-state index >= 15 is 0 Å². The topological polar surface area (TPSA) is 29.5 Å². The van der Waals surface area contributed by atoms with Crippen LogP contribution in [0.25, 0.3) is 11.1 Å². The summed E-state index contributed by atoms with van der Waals surface area (Å²) < 4.78 is 5.33. The molecule has 22 heavy (non-hydrogen) atoms. The molecule has 114 valence electrons. The van der Waals surface area contributed by atoms with Crippen molar-refractivity contribution in [3.63, 3.8) is 0 Å². The largest absolute Gasteiger partial charge is 0.380 e. The summed E-state index contributed by atoms with van der Waals surface area (Å²) >= 11 is 5.96. The predicted molar refractivity (Wildman–Crippen MR) is 89.2 cm³/mol. The number of nitrogens with zero attached hydrogens (tertiary/aromatic N) is 1. The minimum Gasteiger partial charge on any atom is -0.380 e. The Bertz CT molecular complexity index is 682. The molecular weight excluding hydrogens is 298 g/mol. The van der Waals surface area contributed by atoms with E-state index in [1.165, 1.54) is 0 Å². The fraction of sp³-hybridized carbons (Fsp3) is 0.278. The van der Waals surface area contributed by atoms with E-state index in [0.29, 0.717) is 13.0 Å². The molecule has 1 aliphatic rings. The Morgan fingerprint density at radius 2 is 1.95 bits per heavy atom. The minimum absolute atomic E-state index is 0.197. The first-order valence-corrected chi connectivity index (χ1v) is 7.75. The molecule has 1 amide bonds. The van der Waals surface area contributed by atoms with Crippen LogP contribution in [0, 0.1) is 0 Å². The third-order valence-corrected chi connectivity index (χ3v) is 4.18. The molecule has 0 unspecified atom stereocenters. The summed E-state index contributed by atoms with van der Waals surface area (Å²) in [6.45, 7) is 1.30. The maximum absolute atomic E-state index is 11.9. The normalized spacial score (nSPS) is 14.6. The number of methoxy groups -OCH3 is 1. The van der Waals surface area contributed by atoms with Crippen LogP contribution in [-0.4, -0.2) is 19.6 Å². The number of amides is 1. The van der Waals surface area contributed by atoms with Crippen LogP contribution in [0.5, 0.6) is 0 Å². The van der Waals surface area contributed by atoms with E-state index in [0.717, 1.165) is 40.4 Å². The Kier molecular flexibility index (Phi) is 4.46. The number of hydrogen-bond donors (Lipinski definition) is 0. The lowest BCUT2D eigenvalue weighted by molar-refractivity contribution is -0.117. The summed E-state index contributed by atoms with van der Waals surface area (Å²) in [5, 5.41) is 0.719. The van der Waals surface area contributed by atoms with Crippen LogP contribution in [0.15, 0.2) is 42.5 Å². The maximum atomic E-state index is 11.9. The second kappa shape index (κ2) is 6.51. The number of benzene rings is 2. The van der Waals surface area contributed by atoms with E-state index in [2.05, 4.69) is 12.1 Å². The first kappa shape index (κ1) is 15.1. The van der Waals surface area contributed by atoms with Gasteiger partial charge in [-0.2, -0.15) is 0 Å². The van der Waals surface area contributed by atoms with Gasteiger partial charge in [-0.25, -0.2) is 0 Å². The second-order valence-electron chi connectivity index (χ2n) is 5.43. The highest BCUT2D eigenvalue weighted by Gasteiger charge is 2.22. The van der Waals surface area contributed by atoms with Crippen LogP contribution in [0.3, 0.4) is 0 Å². The van der Waals surface area contributed by atoms with Gasteiger partial charge in [0.15, 0.2) is 0 Å². The third kappa shape index (κ3) is 3.01. The lowest BCUT2D eigenvalue weighted by Crippen LogP contribution is -2.23. The molecule has 0 saturated carbocycles. The lowest BCUT2D eigenvalue weighted by atomic mass is 9.99. The molecule has 0 spiro atoms. The van der Waals surface area contributed by atoms with Gasteiger partial charge in [-0.1, -0.05) is 29.8 Å². The molecule has 2 aromatic carbocycles. The van der Waals surface area contributed by atoms with Crippen molar-refractivity contribution in [2.24, 2.45) is 0 Å². The van der Waals surface area contributed by atoms with Crippen molar-refractivity contribution in [2.45, 2.75) is 19.4 Å². The second-order valence-corrected chi connectivity index (χ2v) is 5.87. The Balaban J connectivity index is 2.00. The fourth-order valence-electron chi connectivity index (χ4n) is 2.86. The average molecular weight is 316 g/mol. The highest BCUT2D eigenvalue weighted by Crippen LogP contribution is 2.31. The van der Waals surface area contributed by atoms with Gasteiger partial charge in [0.25, 0.3) is 0 Å². The van der Waals surface area contributed by atoms with Gasteiger partial charge in [-0.3, -0.25) is 4.79 Å². The van der Waals surface area contributed by atoms with Crippen LogP contribution < -0.4 is 4.90 Å². The molecule has 0 N–H and O–H groups in total. The summed E-state index contributed by atoms with van der Waals surface area (Å²) in [6, 6.07) is 13.9. The molecule has 0 radical (unpaired) electrons. The van der Waals surface area contributed by atoms with Gasteiger partial charge < -0.3 is 9.64 Å². The van der Waals surface area contributed by atoms with Crippen molar-refractivity contribution in [1.29, 1.82) is 0 Å².